The van der Waals surface area contributed by atoms with E-state index in [1.54, 1.807) is 52.0 Å². The lowest BCUT2D eigenvalue weighted by Gasteiger charge is -2.38. The maximum absolute atomic E-state index is 13.7. The highest BCUT2D eigenvalue weighted by atomic mass is 79.9. The van der Waals surface area contributed by atoms with Crippen molar-refractivity contribution in [3.63, 3.8) is 0 Å². The monoisotopic (exact) mass is 802 g/mol. The van der Waals surface area contributed by atoms with Crippen molar-refractivity contribution in [2.45, 2.75) is 97.7 Å². The summed E-state index contributed by atoms with van der Waals surface area (Å²) in [6, 6.07) is 10.4. The van der Waals surface area contributed by atoms with Crippen molar-refractivity contribution in [3.05, 3.63) is 46.9 Å². The fourth-order valence-corrected chi connectivity index (χ4v) is 10.3. The molecule has 2 aromatic carbocycles. The Morgan fingerprint density at radius 2 is 1.78 bits per heavy atom. The van der Waals surface area contributed by atoms with E-state index in [9.17, 15) is 31.8 Å². The lowest BCUT2D eigenvalue weighted by atomic mass is 9.88. The van der Waals surface area contributed by atoms with E-state index in [0.717, 1.165) is 0 Å². The van der Waals surface area contributed by atoms with Gasteiger partial charge in [0.25, 0.3) is 0 Å². The van der Waals surface area contributed by atoms with Gasteiger partial charge in [0.05, 0.1) is 47.7 Å². The Kier molecular flexibility index (Phi) is 11.5. The Hall–Kier alpha value is -2.47. The largest absolute Gasteiger partial charge is 0.492 e. The van der Waals surface area contributed by atoms with Crippen LogP contribution in [0.3, 0.4) is 0 Å². The lowest BCUT2D eigenvalue weighted by Crippen LogP contribution is -2.50. The first kappa shape index (κ1) is 38.8. The summed E-state index contributed by atoms with van der Waals surface area (Å²) in [5.74, 6) is 0.513. The van der Waals surface area contributed by atoms with Crippen LogP contribution in [-0.4, -0.2) is 117 Å². The summed E-state index contributed by atoms with van der Waals surface area (Å²) < 4.78 is 77.8. The fraction of sp³-hybridized carbons (Fsp3) is 0.618. The van der Waals surface area contributed by atoms with E-state index in [2.05, 4.69) is 15.9 Å². The van der Waals surface area contributed by atoms with Crippen LogP contribution >= 0.6 is 15.9 Å². The molecule has 0 unspecified atom stereocenters. The maximum atomic E-state index is 13.7. The molecule has 2 heterocycles. The van der Waals surface area contributed by atoms with Gasteiger partial charge in [-0.25, -0.2) is 21.6 Å². The normalized spacial score (nSPS) is 21.1. The molecule has 5 rings (SSSR count). The number of aliphatic hydroxyl groups is 2. The number of halogens is 1. The average molecular weight is 804 g/mol. The number of sulfonamides is 1. The first-order chi connectivity index (χ1) is 23.4. The van der Waals surface area contributed by atoms with Gasteiger partial charge in [0, 0.05) is 17.6 Å². The number of rotatable bonds is 13. The van der Waals surface area contributed by atoms with Crippen LogP contribution in [0.15, 0.2) is 56.7 Å². The highest BCUT2D eigenvalue weighted by Crippen LogP contribution is 2.46. The molecule has 2 N–H and O–H groups in total. The number of benzene rings is 2. The lowest BCUT2D eigenvalue weighted by molar-refractivity contribution is -0.0329. The summed E-state index contributed by atoms with van der Waals surface area (Å²) in [5, 5.41) is 20.7. The highest BCUT2D eigenvalue weighted by molar-refractivity contribution is 9.10. The van der Waals surface area contributed by atoms with Gasteiger partial charge in [0.1, 0.15) is 34.7 Å². The fourth-order valence-electron chi connectivity index (χ4n) is 6.40. The number of aliphatic hydroxyl groups excluding tert-OH is 2. The van der Waals surface area contributed by atoms with Crippen molar-refractivity contribution in [1.82, 2.24) is 9.21 Å². The van der Waals surface area contributed by atoms with E-state index in [1.165, 1.54) is 27.4 Å². The number of nitrogens with zero attached hydrogens (tertiary/aromatic N) is 2. The van der Waals surface area contributed by atoms with Gasteiger partial charge in [0.15, 0.2) is 9.84 Å². The topological polar surface area (TPSA) is 169 Å². The van der Waals surface area contributed by atoms with Gasteiger partial charge < -0.3 is 34.1 Å². The van der Waals surface area contributed by atoms with Crippen LogP contribution in [0, 0.1) is 0 Å². The molecule has 13 nitrogen and oxygen atoms in total. The number of amides is 1. The van der Waals surface area contributed by atoms with Crippen LogP contribution in [-0.2, 0) is 29.3 Å². The van der Waals surface area contributed by atoms with E-state index < -0.39 is 60.7 Å². The Morgan fingerprint density at radius 3 is 2.40 bits per heavy atom. The zero-order valence-electron chi connectivity index (χ0n) is 28.8. The van der Waals surface area contributed by atoms with E-state index in [4.69, 9.17) is 18.9 Å². The van der Waals surface area contributed by atoms with Gasteiger partial charge >= 0.3 is 6.09 Å². The van der Waals surface area contributed by atoms with Crippen molar-refractivity contribution in [1.29, 1.82) is 0 Å². The predicted octanol–water partition coefficient (Wildman–Crippen LogP) is 4.14. The van der Waals surface area contributed by atoms with Crippen molar-refractivity contribution < 1.29 is 50.8 Å². The quantitative estimate of drug-likeness (QED) is 0.299. The zero-order chi connectivity index (χ0) is 36.5. The number of ether oxygens (including phenoxy) is 4. The molecule has 50 heavy (non-hydrogen) atoms. The summed E-state index contributed by atoms with van der Waals surface area (Å²) >= 11 is 3.37. The van der Waals surface area contributed by atoms with Crippen molar-refractivity contribution in [2.24, 2.45) is 0 Å². The number of sulfone groups is 1. The average Bonchev–Trinajstić information content (AvgIpc) is 3.78. The molecule has 1 aliphatic carbocycles. The number of carbonyl (C=O) groups is 1. The molecule has 3 aliphatic rings. The summed E-state index contributed by atoms with van der Waals surface area (Å²) in [6.45, 7) is 7.12. The molecule has 1 amide bonds. The second kappa shape index (κ2) is 14.9. The Bertz CT molecular complexity index is 1750. The predicted molar refractivity (Wildman–Crippen MR) is 188 cm³/mol. The number of piperidine rings is 1. The molecule has 1 spiro atoms. The molecule has 3 fully saturated rings. The van der Waals surface area contributed by atoms with Crippen LogP contribution < -0.4 is 9.47 Å². The van der Waals surface area contributed by atoms with Crippen molar-refractivity contribution in [2.75, 3.05) is 46.1 Å². The van der Waals surface area contributed by atoms with Crippen molar-refractivity contribution >= 4 is 41.9 Å². The van der Waals surface area contributed by atoms with Crippen LogP contribution in [0.25, 0.3) is 0 Å². The van der Waals surface area contributed by atoms with E-state index in [1.807, 2.05) is 0 Å². The van der Waals surface area contributed by atoms with Gasteiger partial charge in [0.2, 0.25) is 10.0 Å². The van der Waals surface area contributed by atoms with Crippen LogP contribution in [0.4, 0.5) is 4.79 Å². The van der Waals surface area contributed by atoms with Crippen LogP contribution in [0.1, 0.15) is 59.8 Å². The Labute approximate surface area is 302 Å². The Morgan fingerprint density at radius 1 is 1.08 bits per heavy atom. The minimum atomic E-state index is -3.86. The van der Waals surface area contributed by atoms with Gasteiger partial charge in [-0.05, 0) is 96.2 Å². The number of hydrogen-bond donors (Lipinski definition) is 2. The minimum Gasteiger partial charge on any atom is -0.492 e. The smallest absolute Gasteiger partial charge is 0.410 e. The second-order valence-corrected chi connectivity index (χ2v) is 19.4. The molecular formula is C34H47BrN2O11S2. The number of hydrogen-bond acceptors (Lipinski definition) is 11. The third-order valence-corrected chi connectivity index (χ3v) is 14.3. The van der Waals surface area contributed by atoms with Crippen LogP contribution in [0.5, 0.6) is 11.5 Å². The summed E-state index contributed by atoms with van der Waals surface area (Å²) in [4.78, 5) is 15.0. The molecule has 2 aromatic rings. The van der Waals surface area contributed by atoms with Gasteiger partial charge in [-0.3, -0.25) is 0 Å². The standard InChI is InChI=1S/C34H47BrN2O11S2/c1-5-45-29-10-9-24(35)17-30(29)50(43,44)36-15-13-33(14-16-36)19-25(21-47-33)37(31(40)48-32(2,3)4)20-26(39)22-46-27-7-6-8-28(18-27)49(41,42)34(23-38)11-12-34/h6-10,17-18,25-26,38-39H,5,11-16,19-23H2,1-4H3/t25-,26+/m1/s1. The second-order valence-electron chi connectivity index (χ2n) is 14.2. The minimum absolute atomic E-state index is 0.0324. The van der Waals surface area contributed by atoms with E-state index in [-0.39, 0.29) is 54.1 Å². The SMILES string of the molecule is CCOc1ccc(Br)cc1S(=O)(=O)N1CCC2(CC1)C[C@@H](N(C[C@H](O)COc1cccc(S(=O)(=O)C3(CO)CC3)c1)C(=O)OC(C)(C)C)CO2. The third kappa shape index (κ3) is 8.42. The molecule has 2 aliphatic heterocycles. The van der Waals surface area contributed by atoms with E-state index >= 15 is 0 Å². The molecule has 278 valence electrons. The molecule has 0 radical (unpaired) electrons. The first-order valence-corrected chi connectivity index (χ1v) is 20.5. The first-order valence-electron chi connectivity index (χ1n) is 16.8. The maximum Gasteiger partial charge on any atom is 0.410 e. The highest BCUT2D eigenvalue weighted by Gasteiger charge is 2.54. The molecule has 0 bridgehead atoms. The molecule has 16 heteroatoms. The summed E-state index contributed by atoms with van der Waals surface area (Å²) in [7, 11) is -7.63. The van der Waals surface area contributed by atoms with E-state index in [0.29, 0.717) is 43.2 Å². The molecule has 2 atom stereocenters. The molecular weight excluding hydrogens is 756 g/mol. The molecule has 2 saturated heterocycles. The van der Waals surface area contributed by atoms with Gasteiger partial charge in [-0.15, -0.1) is 0 Å². The zero-order valence-corrected chi connectivity index (χ0v) is 32.1. The Balaban J connectivity index is 1.24. The van der Waals surface area contributed by atoms with Crippen molar-refractivity contribution in [3.8, 4) is 11.5 Å². The third-order valence-electron chi connectivity index (χ3n) is 9.35. The number of carbonyl (C=O) groups excluding carboxylic acids is 1. The van der Waals surface area contributed by atoms with Gasteiger partial charge in [-0.1, -0.05) is 22.0 Å². The summed E-state index contributed by atoms with van der Waals surface area (Å²) in [6.07, 6.45) is 0.218. The molecule has 1 saturated carbocycles. The van der Waals surface area contributed by atoms with Gasteiger partial charge in [-0.2, -0.15) is 4.31 Å². The summed E-state index contributed by atoms with van der Waals surface area (Å²) in [5.41, 5.74) is -1.47. The van der Waals surface area contributed by atoms with Crippen LogP contribution in [0.2, 0.25) is 0 Å². The molecule has 0 aromatic heterocycles.